The Morgan fingerprint density at radius 2 is 1.54 bits per heavy atom. The summed E-state index contributed by atoms with van der Waals surface area (Å²) in [7, 11) is 0. The third-order valence-corrected chi connectivity index (χ3v) is 2.46. The Balaban J connectivity index is 3.76. The normalized spacial score (nSPS) is 13.6. The molecule has 0 spiro atoms. The van der Waals surface area contributed by atoms with Gasteiger partial charge in [0.25, 0.3) is 0 Å². The lowest BCUT2D eigenvalue weighted by Gasteiger charge is -2.23. The van der Waals surface area contributed by atoms with Crippen LogP contribution in [0.3, 0.4) is 0 Å². The lowest BCUT2D eigenvalue weighted by molar-refractivity contribution is 0.222. The highest BCUT2D eigenvalue weighted by Crippen LogP contribution is 2.06. The first-order valence-corrected chi connectivity index (χ1v) is 5.65. The molecule has 0 bridgehead atoms. The van der Waals surface area contributed by atoms with Crippen molar-refractivity contribution in [3.8, 4) is 0 Å². The molecule has 0 saturated carbocycles. The van der Waals surface area contributed by atoms with Gasteiger partial charge in [0.1, 0.15) is 0 Å². The van der Waals surface area contributed by atoms with Gasteiger partial charge < -0.3 is 10.4 Å². The summed E-state index contributed by atoms with van der Waals surface area (Å²) in [5.74, 6) is 0. The van der Waals surface area contributed by atoms with Crippen molar-refractivity contribution in [2.24, 2.45) is 0 Å². The fourth-order valence-electron chi connectivity index (χ4n) is 1.64. The average molecular weight is 187 g/mol. The van der Waals surface area contributed by atoms with E-state index in [4.69, 9.17) is 5.11 Å². The van der Waals surface area contributed by atoms with Crippen LogP contribution in [0.15, 0.2) is 0 Å². The summed E-state index contributed by atoms with van der Waals surface area (Å²) in [5.41, 5.74) is 0. The highest BCUT2D eigenvalue weighted by molar-refractivity contribution is 4.72. The van der Waals surface area contributed by atoms with Gasteiger partial charge in [-0.2, -0.15) is 0 Å². The van der Waals surface area contributed by atoms with Crippen LogP contribution >= 0.6 is 0 Å². The zero-order valence-electron chi connectivity index (χ0n) is 9.34. The quantitative estimate of drug-likeness (QED) is 0.611. The molecule has 0 aromatic carbocycles. The van der Waals surface area contributed by atoms with Crippen molar-refractivity contribution in [1.29, 1.82) is 0 Å². The molecule has 0 amide bonds. The number of aliphatic hydroxyl groups excluding tert-OH is 1. The van der Waals surface area contributed by atoms with Gasteiger partial charge in [0.05, 0.1) is 6.61 Å². The van der Waals surface area contributed by atoms with Crippen molar-refractivity contribution in [2.45, 2.75) is 65.0 Å². The topological polar surface area (TPSA) is 32.3 Å². The van der Waals surface area contributed by atoms with Gasteiger partial charge in [0.2, 0.25) is 0 Å². The standard InChI is InChI=1S/C11H25NO/c1-4-7-11(8-5-2)12-10(6-3)9-13/h10-13H,4-9H2,1-3H3. The van der Waals surface area contributed by atoms with Crippen molar-refractivity contribution in [2.75, 3.05) is 6.61 Å². The Morgan fingerprint density at radius 3 is 1.85 bits per heavy atom. The Labute approximate surface area is 82.7 Å². The maximum absolute atomic E-state index is 9.05. The monoisotopic (exact) mass is 187 g/mol. The Bertz CT molecular complexity index is 96.3. The molecule has 0 fully saturated rings. The number of nitrogens with one attached hydrogen (secondary N) is 1. The van der Waals surface area contributed by atoms with Crippen molar-refractivity contribution >= 4 is 0 Å². The molecule has 2 heteroatoms. The Kier molecular flexibility index (Phi) is 8.46. The molecule has 1 atom stereocenters. The number of hydrogen-bond acceptors (Lipinski definition) is 2. The molecule has 0 aliphatic carbocycles. The molecular weight excluding hydrogens is 162 g/mol. The lowest BCUT2D eigenvalue weighted by Crippen LogP contribution is -2.40. The van der Waals surface area contributed by atoms with E-state index in [1.165, 1.54) is 25.7 Å². The maximum atomic E-state index is 9.05. The van der Waals surface area contributed by atoms with Crippen molar-refractivity contribution in [3.05, 3.63) is 0 Å². The van der Waals surface area contributed by atoms with E-state index in [1.54, 1.807) is 0 Å². The third kappa shape index (κ3) is 6.05. The summed E-state index contributed by atoms with van der Waals surface area (Å²) in [6, 6.07) is 0.898. The summed E-state index contributed by atoms with van der Waals surface area (Å²) in [5, 5.41) is 12.6. The molecule has 0 aromatic rings. The molecule has 2 N–H and O–H groups in total. The van der Waals surface area contributed by atoms with Crippen LogP contribution in [0.1, 0.15) is 52.9 Å². The van der Waals surface area contributed by atoms with Gasteiger partial charge in [-0.1, -0.05) is 33.6 Å². The van der Waals surface area contributed by atoms with Gasteiger partial charge in [-0.3, -0.25) is 0 Å². The first-order valence-electron chi connectivity index (χ1n) is 5.65. The number of hydrogen-bond donors (Lipinski definition) is 2. The van der Waals surface area contributed by atoms with Crippen LogP contribution in [0, 0.1) is 0 Å². The second-order valence-corrected chi connectivity index (χ2v) is 3.73. The van der Waals surface area contributed by atoms with Crippen LogP contribution in [0.2, 0.25) is 0 Å². The zero-order valence-corrected chi connectivity index (χ0v) is 9.34. The summed E-state index contributed by atoms with van der Waals surface area (Å²) in [4.78, 5) is 0. The highest BCUT2D eigenvalue weighted by atomic mass is 16.3. The van der Waals surface area contributed by atoms with Crippen LogP contribution in [-0.4, -0.2) is 23.8 Å². The zero-order chi connectivity index (χ0) is 10.1. The van der Waals surface area contributed by atoms with Gasteiger partial charge in [0, 0.05) is 12.1 Å². The second-order valence-electron chi connectivity index (χ2n) is 3.73. The average Bonchev–Trinajstić information content (AvgIpc) is 2.14. The molecule has 0 heterocycles. The number of aliphatic hydroxyl groups is 1. The molecule has 0 aliphatic rings. The predicted octanol–water partition coefficient (Wildman–Crippen LogP) is 2.32. The van der Waals surface area contributed by atoms with E-state index in [0.717, 1.165) is 6.42 Å². The number of rotatable bonds is 8. The second kappa shape index (κ2) is 8.52. The minimum Gasteiger partial charge on any atom is -0.395 e. The fourth-order valence-corrected chi connectivity index (χ4v) is 1.64. The van der Waals surface area contributed by atoms with Gasteiger partial charge in [-0.15, -0.1) is 0 Å². The van der Waals surface area contributed by atoms with Crippen LogP contribution in [0.5, 0.6) is 0 Å². The lowest BCUT2D eigenvalue weighted by atomic mass is 10.1. The molecular formula is C11H25NO. The van der Waals surface area contributed by atoms with Crippen LogP contribution in [0.4, 0.5) is 0 Å². The van der Waals surface area contributed by atoms with E-state index in [-0.39, 0.29) is 6.61 Å². The Hall–Kier alpha value is -0.0800. The molecule has 0 saturated heterocycles. The first-order chi connectivity index (χ1) is 6.28. The smallest absolute Gasteiger partial charge is 0.0584 e. The van der Waals surface area contributed by atoms with E-state index in [9.17, 15) is 0 Å². The molecule has 0 aliphatic heterocycles. The summed E-state index contributed by atoms with van der Waals surface area (Å²) in [6.45, 7) is 6.80. The maximum Gasteiger partial charge on any atom is 0.0584 e. The SMILES string of the molecule is CCCC(CCC)NC(CC)CO. The van der Waals surface area contributed by atoms with E-state index in [1.807, 2.05) is 0 Å². The van der Waals surface area contributed by atoms with Gasteiger partial charge in [-0.05, 0) is 19.3 Å². The Morgan fingerprint density at radius 1 is 1.00 bits per heavy atom. The summed E-state index contributed by atoms with van der Waals surface area (Å²) >= 11 is 0. The summed E-state index contributed by atoms with van der Waals surface area (Å²) in [6.07, 6.45) is 5.91. The molecule has 0 rings (SSSR count). The van der Waals surface area contributed by atoms with Crippen LogP contribution in [-0.2, 0) is 0 Å². The molecule has 0 radical (unpaired) electrons. The fraction of sp³-hybridized carbons (Fsp3) is 1.00. The molecule has 80 valence electrons. The molecule has 13 heavy (non-hydrogen) atoms. The minimum atomic E-state index is 0.264. The van der Waals surface area contributed by atoms with Gasteiger partial charge in [0.15, 0.2) is 0 Å². The predicted molar refractivity (Wildman–Crippen MR) is 57.9 cm³/mol. The minimum absolute atomic E-state index is 0.264. The van der Waals surface area contributed by atoms with E-state index >= 15 is 0 Å². The van der Waals surface area contributed by atoms with Crippen LogP contribution in [0.25, 0.3) is 0 Å². The van der Waals surface area contributed by atoms with Crippen molar-refractivity contribution < 1.29 is 5.11 Å². The third-order valence-electron chi connectivity index (χ3n) is 2.46. The first kappa shape index (κ1) is 12.9. The van der Waals surface area contributed by atoms with Crippen molar-refractivity contribution in [3.63, 3.8) is 0 Å². The van der Waals surface area contributed by atoms with E-state index in [2.05, 4.69) is 26.1 Å². The molecule has 1 unspecified atom stereocenters. The molecule has 2 nitrogen and oxygen atoms in total. The van der Waals surface area contributed by atoms with E-state index in [0.29, 0.717) is 12.1 Å². The van der Waals surface area contributed by atoms with E-state index < -0.39 is 0 Å². The summed E-state index contributed by atoms with van der Waals surface area (Å²) < 4.78 is 0. The van der Waals surface area contributed by atoms with Crippen LogP contribution < -0.4 is 5.32 Å². The van der Waals surface area contributed by atoms with Gasteiger partial charge in [-0.25, -0.2) is 0 Å². The van der Waals surface area contributed by atoms with Gasteiger partial charge >= 0.3 is 0 Å². The van der Waals surface area contributed by atoms with Crippen molar-refractivity contribution in [1.82, 2.24) is 5.32 Å². The largest absolute Gasteiger partial charge is 0.395 e. The molecule has 0 aromatic heterocycles. The highest BCUT2D eigenvalue weighted by Gasteiger charge is 2.11.